The highest BCUT2D eigenvalue weighted by atomic mass is 19.1. The van der Waals surface area contributed by atoms with Gasteiger partial charge in [0, 0.05) is 0 Å². The molecule has 2 aromatic rings. The van der Waals surface area contributed by atoms with Crippen molar-refractivity contribution >= 4 is 11.9 Å². The fourth-order valence-corrected chi connectivity index (χ4v) is 3.30. The molecule has 2 N–H and O–H groups in total. The molecular weight excluding hydrogens is 327 g/mol. The predicted molar refractivity (Wildman–Crippen MR) is 87.0 cm³/mol. The minimum atomic E-state index is -0.941. The summed E-state index contributed by atoms with van der Waals surface area (Å²) in [7, 11) is 0. The Hall–Kier alpha value is -2.77. The second kappa shape index (κ2) is 6.62. The maximum Gasteiger partial charge on any atom is 0.305 e. The van der Waals surface area contributed by atoms with Gasteiger partial charge in [-0.15, -0.1) is 5.10 Å². The third kappa shape index (κ3) is 3.67. The lowest BCUT2D eigenvalue weighted by atomic mass is 9.93. The Morgan fingerprint density at radius 2 is 1.92 bits per heavy atom. The van der Waals surface area contributed by atoms with Crippen LogP contribution in [-0.2, 0) is 4.79 Å². The SMILES string of the molecule is Cc1nc(C(=O)NC2(CC(=O)O)CCCC2)nn1-c1ccc(F)cc1. The first kappa shape index (κ1) is 17.1. The fraction of sp³-hybridized carbons (Fsp3) is 0.412. The zero-order valence-corrected chi connectivity index (χ0v) is 13.8. The van der Waals surface area contributed by atoms with Gasteiger partial charge in [0.25, 0.3) is 5.91 Å². The summed E-state index contributed by atoms with van der Waals surface area (Å²) < 4.78 is 14.5. The molecule has 1 aromatic carbocycles. The fourth-order valence-electron chi connectivity index (χ4n) is 3.30. The second-order valence-corrected chi connectivity index (χ2v) is 6.38. The molecule has 1 heterocycles. The molecule has 7 nitrogen and oxygen atoms in total. The monoisotopic (exact) mass is 346 g/mol. The number of carboxylic acid groups (broad SMARTS) is 1. The van der Waals surface area contributed by atoms with E-state index in [-0.39, 0.29) is 18.1 Å². The van der Waals surface area contributed by atoms with E-state index in [2.05, 4.69) is 15.4 Å². The number of carboxylic acids is 1. The average molecular weight is 346 g/mol. The lowest BCUT2D eigenvalue weighted by Gasteiger charge is -2.27. The number of aryl methyl sites for hydroxylation is 1. The molecule has 25 heavy (non-hydrogen) atoms. The smallest absolute Gasteiger partial charge is 0.305 e. The van der Waals surface area contributed by atoms with Crippen LogP contribution in [0.1, 0.15) is 48.5 Å². The number of amides is 1. The summed E-state index contributed by atoms with van der Waals surface area (Å²) in [5.41, 5.74) is -0.149. The molecule has 1 aromatic heterocycles. The van der Waals surface area contributed by atoms with Crippen LogP contribution >= 0.6 is 0 Å². The van der Waals surface area contributed by atoms with E-state index in [1.165, 1.54) is 16.8 Å². The molecule has 132 valence electrons. The number of nitrogens with one attached hydrogen (secondary N) is 1. The average Bonchev–Trinajstić information content (AvgIpc) is 3.14. The number of halogens is 1. The Balaban J connectivity index is 1.82. The van der Waals surface area contributed by atoms with Gasteiger partial charge >= 0.3 is 5.97 Å². The molecule has 1 aliphatic carbocycles. The summed E-state index contributed by atoms with van der Waals surface area (Å²) in [5.74, 6) is -1.35. The molecule has 3 rings (SSSR count). The van der Waals surface area contributed by atoms with E-state index < -0.39 is 17.4 Å². The number of aliphatic carboxylic acids is 1. The van der Waals surface area contributed by atoms with Gasteiger partial charge in [0.1, 0.15) is 11.6 Å². The number of carbonyl (C=O) groups is 2. The van der Waals surface area contributed by atoms with Crippen LogP contribution in [0.25, 0.3) is 5.69 Å². The Bertz CT molecular complexity index is 795. The largest absolute Gasteiger partial charge is 0.481 e. The lowest BCUT2D eigenvalue weighted by Crippen LogP contribution is -2.48. The van der Waals surface area contributed by atoms with Gasteiger partial charge in [0.2, 0.25) is 5.82 Å². The van der Waals surface area contributed by atoms with Crippen LogP contribution < -0.4 is 5.32 Å². The van der Waals surface area contributed by atoms with Crippen molar-refractivity contribution in [3.05, 3.63) is 41.7 Å². The third-order valence-corrected chi connectivity index (χ3v) is 4.47. The van der Waals surface area contributed by atoms with Gasteiger partial charge in [0.15, 0.2) is 0 Å². The summed E-state index contributed by atoms with van der Waals surface area (Å²) in [6.45, 7) is 1.69. The molecular formula is C17H19FN4O3. The van der Waals surface area contributed by atoms with Crippen LogP contribution in [0.4, 0.5) is 4.39 Å². The molecule has 0 saturated heterocycles. The highest BCUT2D eigenvalue weighted by Crippen LogP contribution is 2.32. The van der Waals surface area contributed by atoms with Gasteiger partial charge in [-0.3, -0.25) is 9.59 Å². The van der Waals surface area contributed by atoms with Crippen molar-refractivity contribution < 1.29 is 19.1 Å². The molecule has 1 saturated carbocycles. The lowest BCUT2D eigenvalue weighted by molar-refractivity contribution is -0.138. The summed E-state index contributed by atoms with van der Waals surface area (Å²) in [6.07, 6.45) is 2.90. The van der Waals surface area contributed by atoms with Gasteiger partial charge in [-0.2, -0.15) is 0 Å². The Kier molecular flexibility index (Phi) is 4.52. The highest BCUT2D eigenvalue weighted by molar-refractivity contribution is 5.91. The minimum absolute atomic E-state index is 0.0292. The molecule has 0 spiro atoms. The first-order valence-electron chi connectivity index (χ1n) is 8.12. The van der Waals surface area contributed by atoms with Crippen molar-refractivity contribution in [1.82, 2.24) is 20.1 Å². The Morgan fingerprint density at radius 3 is 2.52 bits per heavy atom. The second-order valence-electron chi connectivity index (χ2n) is 6.38. The van der Waals surface area contributed by atoms with Crippen LogP contribution in [0.15, 0.2) is 24.3 Å². The van der Waals surface area contributed by atoms with Gasteiger partial charge in [-0.25, -0.2) is 14.1 Å². The van der Waals surface area contributed by atoms with E-state index in [1.807, 2.05) is 0 Å². The third-order valence-electron chi connectivity index (χ3n) is 4.47. The van der Waals surface area contributed by atoms with E-state index >= 15 is 0 Å². The zero-order chi connectivity index (χ0) is 18.0. The number of aromatic nitrogens is 3. The van der Waals surface area contributed by atoms with E-state index in [1.54, 1.807) is 19.1 Å². The van der Waals surface area contributed by atoms with Crippen molar-refractivity contribution in [3.8, 4) is 5.69 Å². The molecule has 0 radical (unpaired) electrons. The zero-order valence-electron chi connectivity index (χ0n) is 13.8. The molecule has 8 heteroatoms. The summed E-state index contributed by atoms with van der Waals surface area (Å²) in [6, 6.07) is 5.69. The maximum absolute atomic E-state index is 13.1. The quantitative estimate of drug-likeness (QED) is 0.865. The van der Waals surface area contributed by atoms with Gasteiger partial charge in [-0.05, 0) is 44.0 Å². The first-order valence-corrected chi connectivity index (χ1v) is 8.12. The highest BCUT2D eigenvalue weighted by Gasteiger charge is 2.38. The molecule has 1 fully saturated rings. The Labute approximate surface area is 143 Å². The van der Waals surface area contributed by atoms with Gasteiger partial charge in [-0.1, -0.05) is 12.8 Å². The number of carbonyl (C=O) groups excluding carboxylic acids is 1. The van der Waals surface area contributed by atoms with E-state index in [4.69, 9.17) is 5.11 Å². The minimum Gasteiger partial charge on any atom is -0.481 e. The maximum atomic E-state index is 13.1. The Morgan fingerprint density at radius 1 is 1.28 bits per heavy atom. The number of rotatable bonds is 5. The number of nitrogens with zero attached hydrogens (tertiary/aromatic N) is 3. The molecule has 0 unspecified atom stereocenters. The van der Waals surface area contributed by atoms with Crippen molar-refractivity contribution in [3.63, 3.8) is 0 Å². The molecule has 0 atom stereocenters. The topological polar surface area (TPSA) is 97.1 Å². The standard InChI is InChI=1S/C17H19FN4O3/c1-11-19-15(21-22(11)13-6-4-12(18)5-7-13)16(25)20-17(10-14(23)24)8-2-3-9-17/h4-7H,2-3,8-10H2,1H3,(H,20,25)(H,23,24). The van der Waals surface area contributed by atoms with Crippen LogP contribution in [0.5, 0.6) is 0 Å². The van der Waals surface area contributed by atoms with E-state index in [0.29, 0.717) is 24.4 Å². The number of benzene rings is 1. The number of hydrogen-bond acceptors (Lipinski definition) is 4. The predicted octanol–water partition coefficient (Wildman–Crippen LogP) is 2.23. The molecule has 0 aliphatic heterocycles. The first-order chi connectivity index (χ1) is 11.9. The van der Waals surface area contributed by atoms with Crippen molar-refractivity contribution in [2.75, 3.05) is 0 Å². The van der Waals surface area contributed by atoms with Crippen LogP contribution in [0, 0.1) is 12.7 Å². The van der Waals surface area contributed by atoms with Gasteiger partial charge in [0.05, 0.1) is 17.6 Å². The normalized spacial score (nSPS) is 15.9. The van der Waals surface area contributed by atoms with Crippen molar-refractivity contribution in [2.45, 2.75) is 44.6 Å². The summed E-state index contributed by atoms with van der Waals surface area (Å²) in [5, 5.41) is 16.1. The molecule has 1 aliphatic rings. The molecule has 1 amide bonds. The van der Waals surface area contributed by atoms with Crippen molar-refractivity contribution in [1.29, 1.82) is 0 Å². The molecule has 0 bridgehead atoms. The summed E-state index contributed by atoms with van der Waals surface area (Å²) >= 11 is 0. The number of hydrogen-bond donors (Lipinski definition) is 2. The van der Waals surface area contributed by atoms with Crippen LogP contribution in [0.3, 0.4) is 0 Å². The van der Waals surface area contributed by atoms with E-state index in [0.717, 1.165) is 12.8 Å². The van der Waals surface area contributed by atoms with Gasteiger partial charge < -0.3 is 10.4 Å². The van der Waals surface area contributed by atoms with Crippen LogP contribution in [0.2, 0.25) is 0 Å². The van der Waals surface area contributed by atoms with E-state index in [9.17, 15) is 14.0 Å². The van der Waals surface area contributed by atoms with Crippen molar-refractivity contribution in [2.24, 2.45) is 0 Å². The van der Waals surface area contributed by atoms with Crippen LogP contribution in [-0.4, -0.2) is 37.3 Å². The summed E-state index contributed by atoms with van der Waals surface area (Å²) in [4.78, 5) is 27.8.